The number of amides is 3. The van der Waals surface area contributed by atoms with E-state index in [4.69, 9.17) is 16.3 Å². The summed E-state index contributed by atoms with van der Waals surface area (Å²) in [7, 11) is 0. The summed E-state index contributed by atoms with van der Waals surface area (Å²) in [5.74, 6) is -2.86. The van der Waals surface area contributed by atoms with Crippen LogP contribution in [-0.2, 0) is 19.1 Å². The lowest BCUT2D eigenvalue weighted by atomic mass is 10.1. The first-order valence-corrected chi connectivity index (χ1v) is 10.1. The Morgan fingerprint density at radius 1 is 1.10 bits per heavy atom. The van der Waals surface area contributed by atoms with Crippen LogP contribution in [0, 0.1) is 5.92 Å². The zero-order chi connectivity index (χ0) is 21.7. The van der Waals surface area contributed by atoms with Crippen molar-refractivity contribution >= 4 is 56.9 Å². The molecule has 2 aromatic carbocycles. The van der Waals surface area contributed by atoms with Crippen molar-refractivity contribution < 1.29 is 23.9 Å². The third-order valence-corrected chi connectivity index (χ3v) is 5.23. The molecular weight excluding hydrogens is 478 g/mol. The van der Waals surface area contributed by atoms with Crippen molar-refractivity contribution in [3.63, 3.8) is 0 Å². The van der Waals surface area contributed by atoms with Gasteiger partial charge in [0.05, 0.1) is 16.5 Å². The molecule has 156 valence electrons. The lowest BCUT2D eigenvalue weighted by Gasteiger charge is -2.16. The van der Waals surface area contributed by atoms with Gasteiger partial charge in [-0.25, -0.2) is 0 Å². The van der Waals surface area contributed by atoms with Gasteiger partial charge in [-0.15, -0.1) is 0 Å². The van der Waals surface area contributed by atoms with Crippen LogP contribution in [0.5, 0.6) is 0 Å². The van der Waals surface area contributed by atoms with Crippen LogP contribution in [0.25, 0.3) is 0 Å². The van der Waals surface area contributed by atoms with Gasteiger partial charge in [-0.05, 0) is 36.4 Å². The van der Waals surface area contributed by atoms with Crippen LogP contribution in [0.4, 0.5) is 5.69 Å². The van der Waals surface area contributed by atoms with Gasteiger partial charge in [-0.2, -0.15) is 0 Å². The Morgan fingerprint density at radius 3 is 2.50 bits per heavy atom. The highest BCUT2D eigenvalue weighted by molar-refractivity contribution is 9.10. The van der Waals surface area contributed by atoms with Crippen LogP contribution in [0.3, 0.4) is 0 Å². The third-order valence-electron chi connectivity index (χ3n) is 4.38. The number of carbonyl (C=O) groups is 4. The molecular formula is C20H17BrClN3O5. The Hall–Kier alpha value is -2.91. The van der Waals surface area contributed by atoms with Gasteiger partial charge in [0.2, 0.25) is 5.91 Å². The molecule has 1 aliphatic rings. The predicted octanol–water partition coefficient (Wildman–Crippen LogP) is 2.46. The molecule has 1 saturated heterocycles. The number of benzene rings is 2. The number of halogens is 2. The molecule has 0 unspecified atom stereocenters. The summed E-state index contributed by atoms with van der Waals surface area (Å²) < 4.78 is 5.86. The molecule has 2 N–H and O–H groups in total. The highest BCUT2D eigenvalue weighted by Crippen LogP contribution is 2.27. The minimum atomic E-state index is -0.724. The average Bonchev–Trinajstić information content (AvgIpc) is 3.13. The maximum absolute atomic E-state index is 12.2. The third kappa shape index (κ3) is 5.37. The molecule has 2 aromatic rings. The fraction of sp³-hybridized carbons (Fsp3) is 0.200. The van der Waals surface area contributed by atoms with Gasteiger partial charge in [0.25, 0.3) is 11.8 Å². The van der Waals surface area contributed by atoms with Crippen LogP contribution < -0.4 is 15.8 Å². The maximum atomic E-state index is 12.2. The van der Waals surface area contributed by atoms with E-state index in [2.05, 4.69) is 26.8 Å². The van der Waals surface area contributed by atoms with E-state index in [0.717, 1.165) is 4.47 Å². The van der Waals surface area contributed by atoms with E-state index >= 15 is 0 Å². The average molecular weight is 495 g/mol. The molecule has 0 aromatic heterocycles. The minimum Gasteiger partial charge on any atom is -0.455 e. The van der Waals surface area contributed by atoms with Crippen LogP contribution >= 0.6 is 27.5 Å². The number of nitrogens with one attached hydrogen (secondary N) is 2. The van der Waals surface area contributed by atoms with E-state index in [0.29, 0.717) is 5.69 Å². The van der Waals surface area contributed by atoms with Crippen molar-refractivity contribution in [1.29, 1.82) is 0 Å². The summed E-state index contributed by atoms with van der Waals surface area (Å²) in [6, 6.07) is 13.5. The van der Waals surface area contributed by atoms with Crippen molar-refractivity contribution in [3.8, 4) is 0 Å². The fourth-order valence-electron chi connectivity index (χ4n) is 2.87. The van der Waals surface area contributed by atoms with Crippen molar-refractivity contribution in [1.82, 2.24) is 10.9 Å². The second-order valence-electron chi connectivity index (χ2n) is 6.47. The highest BCUT2D eigenvalue weighted by atomic mass is 79.9. The fourth-order valence-corrected chi connectivity index (χ4v) is 3.35. The van der Waals surface area contributed by atoms with Crippen molar-refractivity contribution in [2.75, 3.05) is 18.1 Å². The normalized spacial score (nSPS) is 15.6. The topological polar surface area (TPSA) is 105 Å². The number of rotatable bonds is 5. The molecule has 1 aliphatic heterocycles. The van der Waals surface area contributed by atoms with Gasteiger partial charge in [-0.1, -0.05) is 39.7 Å². The molecule has 0 radical (unpaired) electrons. The molecule has 8 nitrogen and oxygen atoms in total. The van der Waals surface area contributed by atoms with Gasteiger partial charge in [0, 0.05) is 23.1 Å². The molecule has 3 amide bonds. The van der Waals surface area contributed by atoms with E-state index < -0.39 is 30.3 Å². The van der Waals surface area contributed by atoms with Gasteiger partial charge < -0.3 is 9.64 Å². The largest absolute Gasteiger partial charge is 0.455 e. The van der Waals surface area contributed by atoms with E-state index in [-0.39, 0.29) is 29.5 Å². The Morgan fingerprint density at radius 2 is 1.80 bits per heavy atom. The Bertz CT molecular complexity index is 983. The molecule has 0 aliphatic carbocycles. The van der Waals surface area contributed by atoms with Crippen molar-refractivity contribution in [2.24, 2.45) is 5.92 Å². The van der Waals surface area contributed by atoms with Crippen LogP contribution in [-0.4, -0.2) is 36.8 Å². The number of hydrogen-bond donors (Lipinski definition) is 2. The molecule has 0 spiro atoms. The smallest absolute Gasteiger partial charge is 0.311 e. The lowest BCUT2D eigenvalue weighted by Crippen LogP contribution is -2.44. The molecule has 30 heavy (non-hydrogen) atoms. The lowest BCUT2D eigenvalue weighted by molar-refractivity contribution is -0.152. The SMILES string of the molecule is O=C(COC(=O)[C@@H]1CC(=O)N(c2ccc(Br)cc2)C1)NNC(=O)c1ccccc1Cl. The zero-order valence-electron chi connectivity index (χ0n) is 15.6. The summed E-state index contributed by atoms with van der Waals surface area (Å²) in [6.07, 6.45) is -0.000240. The zero-order valence-corrected chi connectivity index (χ0v) is 17.9. The van der Waals surface area contributed by atoms with E-state index in [1.165, 1.54) is 11.0 Å². The summed E-state index contributed by atoms with van der Waals surface area (Å²) >= 11 is 9.24. The summed E-state index contributed by atoms with van der Waals surface area (Å²) in [4.78, 5) is 49.8. The van der Waals surface area contributed by atoms with E-state index in [1.54, 1.807) is 42.5 Å². The number of hydrazine groups is 1. The molecule has 1 atom stereocenters. The number of hydrogen-bond acceptors (Lipinski definition) is 5. The van der Waals surface area contributed by atoms with Gasteiger partial charge >= 0.3 is 5.97 Å². The summed E-state index contributed by atoms with van der Waals surface area (Å²) in [5, 5.41) is 0.233. The van der Waals surface area contributed by atoms with E-state index in [1.807, 2.05) is 0 Å². The first-order valence-electron chi connectivity index (χ1n) is 8.91. The number of ether oxygens (including phenoxy) is 1. The molecule has 1 fully saturated rings. The standard InChI is InChI=1S/C20H17BrClN3O5/c21-13-5-7-14(8-6-13)25-10-12(9-18(25)27)20(29)30-11-17(26)23-24-19(28)15-3-1-2-4-16(15)22/h1-8,12H,9-11H2,(H,23,26)(H,24,28)/t12-/m1/s1. The molecule has 0 bridgehead atoms. The van der Waals surface area contributed by atoms with Gasteiger partial charge in [-0.3, -0.25) is 30.0 Å². The summed E-state index contributed by atoms with van der Waals surface area (Å²) in [5.41, 5.74) is 5.21. The Labute approximate surface area is 185 Å². The maximum Gasteiger partial charge on any atom is 0.311 e. The monoisotopic (exact) mass is 493 g/mol. The van der Waals surface area contributed by atoms with E-state index in [9.17, 15) is 19.2 Å². The van der Waals surface area contributed by atoms with Crippen LogP contribution in [0.2, 0.25) is 5.02 Å². The quantitative estimate of drug-likeness (QED) is 0.491. The first-order chi connectivity index (χ1) is 14.3. The van der Waals surface area contributed by atoms with Crippen molar-refractivity contribution in [3.05, 3.63) is 63.6 Å². The molecule has 10 heteroatoms. The Kier molecular flexibility index (Phi) is 7.07. The second-order valence-corrected chi connectivity index (χ2v) is 7.79. The summed E-state index contributed by atoms with van der Waals surface area (Å²) in [6.45, 7) is -0.422. The van der Waals surface area contributed by atoms with Gasteiger partial charge in [0.15, 0.2) is 6.61 Å². The number of nitrogens with zero attached hydrogens (tertiary/aromatic N) is 1. The molecule has 1 heterocycles. The Balaban J connectivity index is 1.45. The highest BCUT2D eigenvalue weighted by Gasteiger charge is 2.36. The first kappa shape index (κ1) is 21.8. The minimum absolute atomic E-state index is 0.000240. The second kappa shape index (κ2) is 9.73. The molecule has 0 saturated carbocycles. The van der Waals surface area contributed by atoms with Crippen molar-refractivity contribution in [2.45, 2.75) is 6.42 Å². The van der Waals surface area contributed by atoms with Crippen LogP contribution in [0.1, 0.15) is 16.8 Å². The van der Waals surface area contributed by atoms with Crippen LogP contribution in [0.15, 0.2) is 53.0 Å². The number of anilines is 1. The number of esters is 1. The molecule has 3 rings (SSSR count). The number of carbonyl (C=O) groups excluding carboxylic acids is 4. The van der Waals surface area contributed by atoms with Gasteiger partial charge in [0.1, 0.15) is 0 Å². The predicted molar refractivity (Wildman–Crippen MR) is 113 cm³/mol.